The van der Waals surface area contributed by atoms with Crippen LogP contribution in [-0.4, -0.2) is 34.2 Å². The Labute approximate surface area is 159 Å². The minimum atomic E-state index is -0.577. The summed E-state index contributed by atoms with van der Waals surface area (Å²) in [5.74, 6) is -0.911. The molecule has 8 heteroatoms. The Morgan fingerprint density at radius 2 is 2.08 bits per heavy atom. The van der Waals surface area contributed by atoms with E-state index in [2.05, 4.69) is 10.3 Å². The minimum absolute atomic E-state index is 0.00250. The van der Waals surface area contributed by atoms with Gasteiger partial charge < -0.3 is 5.32 Å². The van der Waals surface area contributed by atoms with E-state index in [4.69, 9.17) is 11.6 Å². The van der Waals surface area contributed by atoms with Crippen molar-refractivity contribution in [3.8, 4) is 0 Å². The predicted molar refractivity (Wildman–Crippen MR) is 102 cm³/mol. The molecular formula is C18H15ClFN3O2S. The van der Waals surface area contributed by atoms with E-state index in [1.807, 2.05) is 0 Å². The molecule has 5 nitrogen and oxygen atoms in total. The largest absolute Gasteiger partial charge is 0.326 e. The second kappa shape index (κ2) is 7.88. The lowest BCUT2D eigenvalue weighted by Crippen LogP contribution is -2.30. The highest BCUT2D eigenvalue weighted by Crippen LogP contribution is 2.31. The van der Waals surface area contributed by atoms with E-state index in [0.29, 0.717) is 21.6 Å². The molecule has 1 fully saturated rings. The summed E-state index contributed by atoms with van der Waals surface area (Å²) < 4.78 is 13.3. The van der Waals surface area contributed by atoms with Crippen molar-refractivity contribution in [2.24, 2.45) is 4.99 Å². The third-order valence-electron chi connectivity index (χ3n) is 3.65. The first-order valence-electron chi connectivity index (χ1n) is 7.76. The summed E-state index contributed by atoms with van der Waals surface area (Å²) >= 11 is 7.08. The standard InChI is InChI=1S/C18H15ClFN3O2S/c1-23-17(25)15(10-16(24)21-13-6-2-4-11(19)8-13)26-18(23)22-14-7-3-5-12(20)9-14/h2-9,15H,10H2,1H3,(H,21,24). The number of rotatable bonds is 4. The van der Waals surface area contributed by atoms with Crippen molar-refractivity contribution in [1.29, 1.82) is 0 Å². The zero-order valence-electron chi connectivity index (χ0n) is 13.8. The van der Waals surface area contributed by atoms with Gasteiger partial charge in [0.25, 0.3) is 0 Å². The van der Waals surface area contributed by atoms with Gasteiger partial charge in [-0.3, -0.25) is 14.5 Å². The van der Waals surface area contributed by atoms with Gasteiger partial charge in [-0.1, -0.05) is 35.5 Å². The number of thioether (sulfide) groups is 1. The van der Waals surface area contributed by atoms with Gasteiger partial charge in [0.05, 0.1) is 5.69 Å². The smallest absolute Gasteiger partial charge is 0.242 e. The Kier molecular flexibility index (Phi) is 5.58. The molecule has 0 radical (unpaired) electrons. The molecule has 2 aromatic rings. The molecule has 0 bridgehead atoms. The Balaban J connectivity index is 1.67. The van der Waals surface area contributed by atoms with E-state index in [0.717, 1.165) is 0 Å². The molecule has 134 valence electrons. The zero-order chi connectivity index (χ0) is 18.7. The number of aliphatic imine (C=N–C) groups is 1. The second-order valence-corrected chi connectivity index (χ2v) is 7.25. The lowest BCUT2D eigenvalue weighted by atomic mass is 10.2. The van der Waals surface area contributed by atoms with Gasteiger partial charge in [-0.2, -0.15) is 0 Å². The van der Waals surface area contributed by atoms with Crippen LogP contribution in [0.2, 0.25) is 5.02 Å². The van der Waals surface area contributed by atoms with Crippen LogP contribution < -0.4 is 5.32 Å². The fraction of sp³-hybridized carbons (Fsp3) is 0.167. The maximum absolute atomic E-state index is 13.3. The fourth-order valence-corrected chi connectivity index (χ4v) is 3.74. The summed E-state index contributed by atoms with van der Waals surface area (Å²) in [6, 6.07) is 12.6. The fourth-order valence-electron chi connectivity index (χ4n) is 2.40. The number of hydrogen-bond donors (Lipinski definition) is 1. The molecule has 0 aromatic heterocycles. The van der Waals surface area contributed by atoms with Gasteiger partial charge in [-0.15, -0.1) is 0 Å². The van der Waals surface area contributed by atoms with Crippen LogP contribution in [-0.2, 0) is 9.59 Å². The number of amidine groups is 1. The van der Waals surface area contributed by atoms with Crippen LogP contribution in [0.25, 0.3) is 0 Å². The monoisotopic (exact) mass is 391 g/mol. The van der Waals surface area contributed by atoms with Crippen LogP contribution in [0.3, 0.4) is 0 Å². The van der Waals surface area contributed by atoms with Gasteiger partial charge in [0.15, 0.2) is 5.17 Å². The number of hydrogen-bond acceptors (Lipinski definition) is 4. The van der Waals surface area contributed by atoms with Crippen molar-refractivity contribution in [2.45, 2.75) is 11.7 Å². The first-order valence-corrected chi connectivity index (χ1v) is 9.02. The molecule has 0 spiro atoms. The van der Waals surface area contributed by atoms with E-state index >= 15 is 0 Å². The molecule has 2 amide bonds. The van der Waals surface area contributed by atoms with Gasteiger partial charge in [-0.05, 0) is 36.4 Å². The average molecular weight is 392 g/mol. The number of amides is 2. The summed E-state index contributed by atoms with van der Waals surface area (Å²) in [4.78, 5) is 30.3. The van der Waals surface area contributed by atoms with E-state index in [-0.39, 0.29) is 18.2 Å². The molecule has 1 heterocycles. The number of halogens is 2. The normalized spacial score (nSPS) is 18.4. The molecule has 2 aromatic carbocycles. The van der Waals surface area contributed by atoms with Crippen molar-refractivity contribution in [1.82, 2.24) is 4.90 Å². The molecule has 1 aliphatic heterocycles. The Bertz CT molecular complexity index is 890. The topological polar surface area (TPSA) is 61.8 Å². The van der Waals surface area contributed by atoms with Crippen LogP contribution in [0.15, 0.2) is 53.5 Å². The van der Waals surface area contributed by atoms with Gasteiger partial charge in [0, 0.05) is 24.2 Å². The summed E-state index contributed by atoms with van der Waals surface area (Å²) in [6.45, 7) is 0. The molecular weight excluding hydrogens is 377 g/mol. The first-order chi connectivity index (χ1) is 12.4. The predicted octanol–water partition coefficient (Wildman–Crippen LogP) is 4.07. The highest BCUT2D eigenvalue weighted by Gasteiger charge is 2.37. The van der Waals surface area contributed by atoms with Crippen LogP contribution in [0.1, 0.15) is 6.42 Å². The number of carbonyl (C=O) groups is 2. The summed E-state index contributed by atoms with van der Waals surface area (Å²) in [6.07, 6.45) is 0.00250. The molecule has 1 atom stereocenters. The highest BCUT2D eigenvalue weighted by molar-refractivity contribution is 8.15. The van der Waals surface area contributed by atoms with E-state index in [9.17, 15) is 14.0 Å². The Morgan fingerprint density at radius 3 is 2.81 bits per heavy atom. The van der Waals surface area contributed by atoms with Crippen molar-refractivity contribution >= 4 is 51.7 Å². The van der Waals surface area contributed by atoms with Crippen LogP contribution in [0.5, 0.6) is 0 Å². The molecule has 1 N–H and O–H groups in total. The minimum Gasteiger partial charge on any atom is -0.326 e. The third kappa shape index (κ3) is 4.42. The highest BCUT2D eigenvalue weighted by atomic mass is 35.5. The van der Waals surface area contributed by atoms with E-state index in [1.54, 1.807) is 43.4 Å². The third-order valence-corrected chi connectivity index (χ3v) is 5.12. The summed E-state index contributed by atoms with van der Waals surface area (Å²) in [5.41, 5.74) is 0.983. The van der Waals surface area contributed by atoms with Crippen LogP contribution in [0.4, 0.5) is 15.8 Å². The number of nitrogens with zero attached hydrogens (tertiary/aromatic N) is 2. The van der Waals surface area contributed by atoms with Crippen LogP contribution >= 0.6 is 23.4 Å². The molecule has 1 saturated heterocycles. The summed E-state index contributed by atoms with van der Waals surface area (Å²) in [5, 5.41) is 3.09. The number of benzene rings is 2. The number of nitrogens with one attached hydrogen (secondary N) is 1. The first kappa shape index (κ1) is 18.4. The van der Waals surface area contributed by atoms with Crippen molar-refractivity contribution in [3.63, 3.8) is 0 Å². The molecule has 26 heavy (non-hydrogen) atoms. The van der Waals surface area contributed by atoms with Crippen molar-refractivity contribution < 1.29 is 14.0 Å². The number of anilines is 1. The molecule has 1 aliphatic rings. The van der Waals surface area contributed by atoms with Crippen LogP contribution in [0, 0.1) is 5.82 Å². The molecule has 3 rings (SSSR count). The Hall–Kier alpha value is -2.38. The van der Waals surface area contributed by atoms with Crippen molar-refractivity contribution in [2.75, 3.05) is 12.4 Å². The summed E-state index contributed by atoms with van der Waals surface area (Å²) in [7, 11) is 1.59. The zero-order valence-corrected chi connectivity index (χ0v) is 15.4. The lowest BCUT2D eigenvalue weighted by Gasteiger charge is -2.09. The molecule has 0 aliphatic carbocycles. The lowest BCUT2D eigenvalue weighted by molar-refractivity contribution is -0.127. The van der Waals surface area contributed by atoms with Crippen molar-refractivity contribution in [3.05, 3.63) is 59.4 Å². The SMILES string of the molecule is CN1C(=O)C(CC(=O)Nc2cccc(Cl)c2)SC1=Nc1cccc(F)c1. The maximum atomic E-state index is 13.3. The van der Waals surface area contributed by atoms with Gasteiger partial charge in [-0.25, -0.2) is 9.38 Å². The van der Waals surface area contributed by atoms with E-state index in [1.165, 1.54) is 28.8 Å². The van der Waals surface area contributed by atoms with E-state index < -0.39 is 11.1 Å². The quantitative estimate of drug-likeness (QED) is 0.854. The number of carbonyl (C=O) groups excluding carboxylic acids is 2. The van der Waals surface area contributed by atoms with Gasteiger partial charge in [0.2, 0.25) is 11.8 Å². The maximum Gasteiger partial charge on any atom is 0.242 e. The average Bonchev–Trinajstić information content (AvgIpc) is 2.83. The molecule has 1 unspecified atom stereocenters. The Morgan fingerprint density at radius 1 is 1.31 bits per heavy atom. The van der Waals surface area contributed by atoms with Gasteiger partial charge in [0.1, 0.15) is 11.1 Å². The molecule has 0 saturated carbocycles. The van der Waals surface area contributed by atoms with Gasteiger partial charge >= 0.3 is 0 Å². The second-order valence-electron chi connectivity index (χ2n) is 5.64.